The highest BCUT2D eigenvalue weighted by molar-refractivity contribution is 5.93. The van der Waals surface area contributed by atoms with E-state index in [1.165, 1.54) is 18.2 Å². The molecule has 0 saturated heterocycles. The largest absolute Gasteiger partial charge is 0.416 e. The van der Waals surface area contributed by atoms with E-state index < -0.39 is 17.6 Å². The number of hydrogen-bond donors (Lipinski definition) is 1. The van der Waals surface area contributed by atoms with Gasteiger partial charge in [-0.1, -0.05) is 48.5 Å². The van der Waals surface area contributed by atoms with Crippen LogP contribution < -0.4 is 5.32 Å². The fourth-order valence-corrected chi connectivity index (χ4v) is 3.40. The van der Waals surface area contributed by atoms with Crippen LogP contribution in [0.4, 0.5) is 13.2 Å². The Balaban J connectivity index is 1.46. The Morgan fingerprint density at radius 2 is 1.86 bits per heavy atom. The third-order valence-corrected chi connectivity index (χ3v) is 4.88. The highest BCUT2D eigenvalue weighted by Crippen LogP contribution is 2.32. The Bertz CT molecular complexity index is 1020. The van der Waals surface area contributed by atoms with Crippen molar-refractivity contribution in [3.8, 4) is 0 Å². The fourth-order valence-electron chi connectivity index (χ4n) is 3.40. The molecule has 2 aromatic carbocycles. The number of benzene rings is 2. The molecule has 2 heterocycles. The fraction of sp³-hybridized carbons (Fsp3) is 0.238. The van der Waals surface area contributed by atoms with Crippen molar-refractivity contribution in [3.05, 3.63) is 89.0 Å². The molecule has 1 atom stereocenters. The van der Waals surface area contributed by atoms with Gasteiger partial charge in [0.15, 0.2) is 5.69 Å². The van der Waals surface area contributed by atoms with Crippen LogP contribution >= 0.6 is 0 Å². The Hall–Kier alpha value is -3.13. The zero-order chi connectivity index (χ0) is 20.4. The van der Waals surface area contributed by atoms with E-state index in [2.05, 4.69) is 10.3 Å². The molecule has 0 radical (unpaired) electrons. The molecule has 1 aliphatic rings. The first-order valence-corrected chi connectivity index (χ1v) is 9.07. The Kier molecular flexibility index (Phi) is 5.10. The van der Waals surface area contributed by atoms with Gasteiger partial charge in [-0.05, 0) is 17.2 Å². The van der Waals surface area contributed by atoms with Crippen molar-refractivity contribution in [2.24, 2.45) is 0 Å². The van der Waals surface area contributed by atoms with E-state index in [-0.39, 0.29) is 30.5 Å². The number of hydrogen-bond acceptors (Lipinski definition) is 3. The second-order valence-corrected chi connectivity index (χ2v) is 6.74. The number of imidazole rings is 1. The monoisotopic (exact) mass is 401 g/mol. The van der Waals surface area contributed by atoms with Gasteiger partial charge in [-0.3, -0.25) is 4.79 Å². The van der Waals surface area contributed by atoms with Gasteiger partial charge in [0.2, 0.25) is 0 Å². The minimum absolute atomic E-state index is 0.00168. The lowest BCUT2D eigenvalue weighted by atomic mass is 10.1. The molecule has 8 heteroatoms. The third-order valence-electron chi connectivity index (χ3n) is 4.88. The molecule has 0 bridgehead atoms. The molecule has 0 unspecified atom stereocenters. The van der Waals surface area contributed by atoms with Crippen molar-refractivity contribution in [3.63, 3.8) is 0 Å². The normalized spacial score (nSPS) is 16.3. The van der Waals surface area contributed by atoms with Gasteiger partial charge in [-0.15, -0.1) is 0 Å². The first-order valence-electron chi connectivity index (χ1n) is 9.07. The average molecular weight is 401 g/mol. The maximum Gasteiger partial charge on any atom is 0.416 e. The van der Waals surface area contributed by atoms with Crippen LogP contribution in [0.15, 0.2) is 60.9 Å². The SMILES string of the molecule is O=C(NCc1ccccc1C(F)(F)F)c1ncn2c1CO[C@H](c1ccccc1)C2. The van der Waals surface area contributed by atoms with Crippen molar-refractivity contribution in [1.29, 1.82) is 0 Å². The first kappa shape index (κ1) is 19.2. The molecule has 5 nitrogen and oxygen atoms in total. The van der Waals surface area contributed by atoms with Gasteiger partial charge in [-0.25, -0.2) is 4.98 Å². The van der Waals surface area contributed by atoms with E-state index in [0.29, 0.717) is 12.2 Å². The number of ether oxygens (including phenoxy) is 1. The molecule has 0 spiro atoms. The first-order chi connectivity index (χ1) is 13.9. The van der Waals surface area contributed by atoms with Gasteiger partial charge in [0.25, 0.3) is 5.91 Å². The summed E-state index contributed by atoms with van der Waals surface area (Å²) in [5.74, 6) is -0.530. The Morgan fingerprint density at radius 3 is 2.62 bits per heavy atom. The highest BCUT2D eigenvalue weighted by Gasteiger charge is 2.33. The molecule has 0 fully saturated rings. The van der Waals surface area contributed by atoms with E-state index in [1.54, 1.807) is 6.33 Å². The van der Waals surface area contributed by atoms with Crippen LogP contribution in [-0.4, -0.2) is 15.5 Å². The standard InChI is InChI=1S/C21H18F3N3O2/c22-21(23,24)16-9-5-4-8-15(16)10-25-20(28)19-17-12-29-18(11-27(17)13-26-19)14-6-2-1-3-7-14/h1-9,13,18H,10-12H2,(H,25,28)/t18-/m0/s1. The lowest BCUT2D eigenvalue weighted by molar-refractivity contribution is -0.138. The van der Waals surface area contributed by atoms with Crippen molar-refractivity contribution >= 4 is 5.91 Å². The lowest BCUT2D eigenvalue weighted by Crippen LogP contribution is -2.28. The number of rotatable bonds is 4. The number of alkyl halides is 3. The molecule has 1 aromatic heterocycles. The summed E-state index contributed by atoms with van der Waals surface area (Å²) in [5.41, 5.74) is 1.05. The predicted octanol–water partition coefficient (Wildman–Crippen LogP) is 4.10. The zero-order valence-electron chi connectivity index (χ0n) is 15.3. The molecule has 1 aliphatic heterocycles. The third kappa shape index (κ3) is 4.02. The summed E-state index contributed by atoms with van der Waals surface area (Å²) in [7, 11) is 0. The summed E-state index contributed by atoms with van der Waals surface area (Å²) in [5, 5.41) is 2.54. The van der Waals surface area contributed by atoms with Crippen LogP contribution in [-0.2, 0) is 30.6 Å². The minimum Gasteiger partial charge on any atom is -0.365 e. The van der Waals surface area contributed by atoms with Gasteiger partial charge in [-0.2, -0.15) is 13.2 Å². The van der Waals surface area contributed by atoms with Crippen LogP contribution in [0.3, 0.4) is 0 Å². The van der Waals surface area contributed by atoms with Crippen molar-refractivity contribution in [2.45, 2.75) is 32.0 Å². The number of halogens is 3. The minimum atomic E-state index is -4.48. The van der Waals surface area contributed by atoms with E-state index in [1.807, 2.05) is 34.9 Å². The van der Waals surface area contributed by atoms with Gasteiger partial charge >= 0.3 is 6.18 Å². The second-order valence-electron chi connectivity index (χ2n) is 6.74. The van der Waals surface area contributed by atoms with E-state index in [4.69, 9.17) is 4.74 Å². The quantitative estimate of drug-likeness (QED) is 0.716. The molecular formula is C21H18F3N3O2. The Morgan fingerprint density at radius 1 is 1.14 bits per heavy atom. The van der Waals surface area contributed by atoms with Gasteiger partial charge in [0, 0.05) is 6.54 Å². The van der Waals surface area contributed by atoms with Crippen molar-refractivity contribution in [1.82, 2.24) is 14.9 Å². The number of amides is 1. The molecule has 0 aliphatic carbocycles. The summed E-state index contributed by atoms with van der Waals surface area (Å²) < 4.78 is 47.0. The molecule has 29 heavy (non-hydrogen) atoms. The topological polar surface area (TPSA) is 56.2 Å². The second kappa shape index (κ2) is 7.71. The van der Waals surface area contributed by atoms with E-state index in [0.717, 1.165) is 11.6 Å². The number of nitrogens with one attached hydrogen (secondary N) is 1. The van der Waals surface area contributed by atoms with Crippen LogP contribution in [0.5, 0.6) is 0 Å². The van der Waals surface area contributed by atoms with Crippen molar-refractivity contribution < 1.29 is 22.7 Å². The van der Waals surface area contributed by atoms with Gasteiger partial charge < -0.3 is 14.6 Å². The Labute approximate surface area is 165 Å². The summed E-state index contributed by atoms with van der Waals surface area (Å²) in [6.07, 6.45) is -3.06. The molecule has 1 N–H and O–H groups in total. The summed E-state index contributed by atoms with van der Waals surface area (Å²) in [6.45, 7) is 0.465. The van der Waals surface area contributed by atoms with Crippen LogP contribution in [0, 0.1) is 0 Å². The molecule has 1 amide bonds. The predicted molar refractivity (Wildman–Crippen MR) is 98.8 cm³/mol. The molecule has 150 valence electrons. The molecule has 4 rings (SSSR count). The van der Waals surface area contributed by atoms with Gasteiger partial charge in [0.05, 0.1) is 30.7 Å². The summed E-state index contributed by atoms with van der Waals surface area (Å²) in [4.78, 5) is 16.7. The van der Waals surface area contributed by atoms with Gasteiger partial charge in [0.1, 0.15) is 6.10 Å². The van der Waals surface area contributed by atoms with Crippen LogP contribution in [0.2, 0.25) is 0 Å². The summed E-state index contributed by atoms with van der Waals surface area (Å²) >= 11 is 0. The van der Waals surface area contributed by atoms with Crippen LogP contribution in [0.25, 0.3) is 0 Å². The van der Waals surface area contributed by atoms with Crippen LogP contribution in [0.1, 0.15) is 39.0 Å². The number of carbonyl (C=O) groups excluding carboxylic acids is 1. The lowest BCUT2D eigenvalue weighted by Gasteiger charge is -2.25. The maximum atomic E-state index is 13.1. The number of nitrogens with zero attached hydrogens (tertiary/aromatic N) is 2. The van der Waals surface area contributed by atoms with Crippen molar-refractivity contribution in [2.75, 3.05) is 0 Å². The average Bonchev–Trinajstić information content (AvgIpc) is 3.15. The zero-order valence-corrected chi connectivity index (χ0v) is 15.3. The maximum absolute atomic E-state index is 13.1. The molecule has 3 aromatic rings. The molecular weight excluding hydrogens is 383 g/mol. The smallest absolute Gasteiger partial charge is 0.365 e. The van der Waals surface area contributed by atoms with E-state index >= 15 is 0 Å². The summed E-state index contributed by atoms with van der Waals surface area (Å²) in [6, 6.07) is 14.9. The number of carbonyl (C=O) groups is 1. The highest BCUT2D eigenvalue weighted by atomic mass is 19.4. The van der Waals surface area contributed by atoms with E-state index in [9.17, 15) is 18.0 Å². The number of aromatic nitrogens is 2. The number of fused-ring (bicyclic) bond motifs is 1. The molecule has 0 saturated carbocycles.